The monoisotopic (exact) mass is 282 g/mol. The summed E-state index contributed by atoms with van der Waals surface area (Å²) in [6.45, 7) is 1.27. The standard InChI is InChI=1S/C14H19ClN2O2/c15-12-2-1-3-13(11(12)6-7-16)19-9-14(18)17-8-10-4-5-10/h1-3,10H,4-9,16H2,(H,17,18). The van der Waals surface area contributed by atoms with Crippen molar-refractivity contribution in [2.75, 3.05) is 19.7 Å². The van der Waals surface area contributed by atoms with Crippen LogP contribution in [-0.4, -0.2) is 25.6 Å². The van der Waals surface area contributed by atoms with Crippen molar-refractivity contribution in [3.05, 3.63) is 28.8 Å². The number of carbonyl (C=O) groups is 1. The van der Waals surface area contributed by atoms with E-state index in [4.69, 9.17) is 22.1 Å². The Morgan fingerprint density at radius 3 is 2.95 bits per heavy atom. The van der Waals surface area contributed by atoms with Crippen LogP contribution in [0.25, 0.3) is 0 Å². The SMILES string of the molecule is NCCc1c(Cl)cccc1OCC(=O)NCC1CC1. The van der Waals surface area contributed by atoms with Gasteiger partial charge in [0.25, 0.3) is 5.91 Å². The Morgan fingerprint density at radius 1 is 1.47 bits per heavy atom. The number of amides is 1. The van der Waals surface area contributed by atoms with Gasteiger partial charge in [-0.05, 0) is 43.9 Å². The molecule has 0 aromatic heterocycles. The van der Waals surface area contributed by atoms with Crippen LogP contribution in [0.1, 0.15) is 18.4 Å². The number of benzene rings is 1. The molecule has 0 spiro atoms. The van der Waals surface area contributed by atoms with E-state index in [0.29, 0.717) is 29.7 Å². The van der Waals surface area contributed by atoms with E-state index in [1.807, 2.05) is 6.07 Å². The molecule has 4 nitrogen and oxygen atoms in total. The predicted molar refractivity (Wildman–Crippen MR) is 75.4 cm³/mol. The molecule has 0 saturated heterocycles. The first-order chi connectivity index (χ1) is 9.20. The third-order valence-corrected chi connectivity index (χ3v) is 3.47. The van der Waals surface area contributed by atoms with Crippen LogP contribution in [0.5, 0.6) is 5.75 Å². The minimum Gasteiger partial charge on any atom is -0.483 e. The molecule has 0 unspecified atom stereocenters. The molecule has 0 aliphatic heterocycles. The zero-order valence-corrected chi connectivity index (χ0v) is 11.6. The van der Waals surface area contributed by atoms with Crippen LogP contribution >= 0.6 is 11.6 Å². The normalized spacial score (nSPS) is 14.2. The van der Waals surface area contributed by atoms with Crippen LogP contribution < -0.4 is 15.8 Å². The Labute approximate surface area is 118 Å². The van der Waals surface area contributed by atoms with Gasteiger partial charge in [-0.3, -0.25) is 4.79 Å². The van der Waals surface area contributed by atoms with E-state index in [9.17, 15) is 4.79 Å². The van der Waals surface area contributed by atoms with Crippen molar-refractivity contribution in [3.63, 3.8) is 0 Å². The van der Waals surface area contributed by atoms with Gasteiger partial charge in [0.2, 0.25) is 0 Å². The molecule has 1 aliphatic rings. The molecule has 5 heteroatoms. The van der Waals surface area contributed by atoms with Gasteiger partial charge in [0, 0.05) is 17.1 Å². The first kappa shape index (κ1) is 14.2. The van der Waals surface area contributed by atoms with E-state index in [0.717, 1.165) is 12.1 Å². The highest BCUT2D eigenvalue weighted by Crippen LogP contribution is 2.28. The lowest BCUT2D eigenvalue weighted by Crippen LogP contribution is -2.30. The van der Waals surface area contributed by atoms with Crippen LogP contribution in [0.4, 0.5) is 0 Å². The molecule has 19 heavy (non-hydrogen) atoms. The average Bonchev–Trinajstić information content (AvgIpc) is 3.21. The molecule has 0 radical (unpaired) electrons. The highest BCUT2D eigenvalue weighted by atomic mass is 35.5. The average molecular weight is 283 g/mol. The van der Waals surface area contributed by atoms with Gasteiger partial charge in [-0.25, -0.2) is 0 Å². The van der Waals surface area contributed by atoms with Crippen molar-refractivity contribution in [1.82, 2.24) is 5.32 Å². The van der Waals surface area contributed by atoms with Gasteiger partial charge >= 0.3 is 0 Å². The Balaban J connectivity index is 1.86. The first-order valence-corrected chi connectivity index (χ1v) is 6.95. The van der Waals surface area contributed by atoms with Gasteiger partial charge in [0.15, 0.2) is 6.61 Å². The summed E-state index contributed by atoms with van der Waals surface area (Å²) in [6, 6.07) is 5.41. The number of ether oxygens (including phenoxy) is 1. The van der Waals surface area contributed by atoms with Crippen LogP contribution in [0.15, 0.2) is 18.2 Å². The maximum Gasteiger partial charge on any atom is 0.257 e. The fourth-order valence-corrected chi connectivity index (χ4v) is 2.10. The Bertz CT molecular complexity index is 447. The van der Waals surface area contributed by atoms with Crippen LogP contribution in [0.2, 0.25) is 5.02 Å². The van der Waals surface area contributed by atoms with Crippen molar-refractivity contribution in [2.45, 2.75) is 19.3 Å². The number of halogens is 1. The van der Waals surface area contributed by atoms with Crippen molar-refractivity contribution in [2.24, 2.45) is 11.7 Å². The molecule has 0 bridgehead atoms. The van der Waals surface area contributed by atoms with Gasteiger partial charge in [-0.1, -0.05) is 17.7 Å². The van der Waals surface area contributed by atoms with E-state index in [2.05, 4.69) is 5.32 Å². The fourth-order valence-electron chi connectivity index (χ4n) is 1.84. The molecule has 1 saturated carbocycles. The third-order valence-electron chi connectivity index (χ3n) is 3.11. The third kappa shape index (κ3) is 4.40. The minimum absolute atomic E-state index is 0.0185. The molecule has 1 aromatic carbocycles. The van der Waals surface area contributed by atoms with Gasteiger partial charge < -0.3 is 15.8 Å². The molecule has 0 heterocycles. The number of carbonyl (C=O) groups excluding carboxylic acids is 1. The van der Waals surface area contributed by atoms with E-state index in [1.54, 1.807) is 12.1 Å². The second-order valence-electron chi connectivity index (χ2n) is 4.79. The summed E-state index contributed by atoms with van der Waals surface area (Å²) < 4.78 is 5.53. The molecule has 3 N–H and O–H groups in total. The summed E-state index contributed by atoms with van der Waals surface area (Å²) in [7, 11) is 0. The largest absolute Gasteiger partial charge is 0.483 e. The number of nitrogens with two attached hydrogens (primary N) is 1. The van der Waals surface area contributed by atoms with Gasteiger partial charge in [0.05, 0.1) is 0 Å². The van der Waals surface area contributed by atoms with Gasteiger partial charge in [-0.2, -0.15) is 0 Å². The molecule has 1 aliphatic carbocycles. The van der Waals surface area contributed by atoms with Crippen LogP contribution in [0, 0.1) is 5.92 Å². The highest BCUT2D eigenvalue weighted by molar-refractivity contribution is 6.31. The molecule has 2 rings (SSSR count). The topological polar surface area (TPSA) is 64.3 Å². The zero-order chi connectivity index (χ0) is 13.7. The highest BCUT2D eigenvalue weighted by Gasteiger charge is 2.21. The maximum atomic E-state index is 11.6. The van der Waals surface area contributed by atoms with E-state index >= 15 is 0 Å². The van der Waals surface area contributed by atoms with Crippen molar-refractivity contribution in [1.29, 1.82) is 0 Å². The van der Waals surface area contributed by atoms with E-state index in [1.165, 1.54) is 12.8 Å². The molecule has 0 atom stereocenters. The molecule has 1 amide bonds. The lowest BCUT2D eigenvalue weighted by atomic mass is 10.1. The maximum absolute atomic E-state index is 11.6. The Morgan fingerprint density at radius 2 is 2.26 bits per heavy atom. The van der Waals surface area contributed by atoms with Crippen LogP contribution in [-0.2, 0) is 11.2 Å². The molecular formula is C14H19ClN2O2. The Hall–Kier alpha value is -1.26. The summed E-state index contributed by atoms with van der Waals surface area (Å²) in [5.41, 5.74) is 6.41. The second-order valence-corrected chi connectivity index (χ2v) is 5.20. The van der Waals surface area contributed by atoms with Crippen molar-refractivity contribution >= 4 is 17.5 Å². The predicted octanol–water partition coefficient (Wildman–Crippen LogP) is 1.75. The van der Waals surface area contributed by atoms with Gasteiger partial charge in [-0.15, -0.1) is 0 Å². The summed E-state index contributed by atoms with van der Waals surface area (Å²) in [6.07, 6.45) is 3.07. The molecular weight excluding hydrogens is 264 g/mol. The number of rotatable bonds is 7. The lowest BCUT2D eigenvalue weighted by molar-refractivity contribution is -0.123. The van der Waals surface area contributed by atoms with E-state index in [-0.39, 0.29) is 12.5 Å². The second kappa shape index (κ2) is 6.78. The smallest absolute Gasteiger partial charge is 0.257 e. The fraction of sp³-hybridized carbons (Fsp3) is 0.500. The Kier molecular flexibility index (Phi) is 5.05. The first-order valence-electron chi connectivity index (χ1n) is 6.57. The summed E-state index contributed by atoms with van der Waals surface area (Å²) in [5, 5.41) is 3.49. The van der Waals surface area contributed by atoms with Crippen molar-refractivity contribution < 1.29 is 9.53 Å². The zero-order valence-electron chi connectivity index (χ0n) is 10.8. The van der Waals surface area contributed by atoms with Crippen LogP contribution in [0.3, 0.4) is 0 Å². The molecule has 104 valence electrons. The summed E-state index contributed by atoms with van der Waals surface area (Å²) in [4.78, 5) is 11.6. The van der Waals surface area contributed by atoms with Gasteiger partial charge in [0.1, 0.15) is 5.75 Å². The molecule has 1 aromatic rings. The van der Waals surface area contributed by atoms with Crippen molar-refractivity contribution in [3.8, 4) is 5.75 Å². The molecule has 1 fully saturated rings. The quantitative estimate of drug-likeness (QED) is 0.801. The summed E-state index contributed by atoms with van der Waals surface area (Å²) in [5.74, 6) is 1.22. The van der Waals surface area contributed by atoms with E-state index < -0.39 is 0 Å². The number of hydrogen-bond donors (Lipinski definition) is 2. The lowest BCUT2D eigenvalue weighted by Gasteiger charge is -2.12. The minimum atomic E-state index is -0.0921. The number of hydrogen-bond acceptors (Lipinski definition) is 3. The summed E-state index contributed by atoms with van der Waals surface area (Å²) >= 11 is 6.10. The number of nitrogens with one attached hydrogen (secondary N) is 1.